The largest absolute Gasteiger partial charge is 0.271 e. The first-order valence-corrected chi connectivity index (χ1v) is 5.87. The number of halogens is 2. The molecular formula is C13H16F2N4. The molecule has 3 N–H and O–H groups in total. The van der Waals surface area contributed by atoms with Gasteiger partial charge in [-0.05, 0) is 25.5 Å². The second-order valence-electron chi connectivity index (χ2n) is 4.53. The molecule has 19 heavy (non-hydrogen) atoms. The molecule has 6 heteroatoms. The van der Waals surface area contributed by atoms with Crippen molar-refractivity contribution < 1.29 is 8.78 Å². The fraction of sp³-hybridized carbons (Fsp3) is 0.308. The minimum Gasteiger partial charge on any atom is -0.271 e. The van der Waals surface area contributed by atoms with Crippen LogP contribution in [0.25, 0.3) is 0 Å². The van der Waals surface area contributed by atoms with Gasteiger partial charge in [0.25, 0.3) is 0 Å². The zero-order valence-corrected chi connectivity index (χ0v) is 11.0. The lowest BCUT2D eigenvalue weighted by Gasteiger charge is -2.18. The van der Waals surface area contributed by atoms with E-state index < -0.39 is 17.7 Å². The number of nitrogens with one attached hydrogen (secondary N) is 1. The molecule has 0 radical (unpaired) electrons. The average Bonchev–Trinajstić information content (AvgIpc) is 2.69. The molecule has 0 spiro atoms. The van der Waals surface area contributed by atoms with Crippen molar-refractivity contribution in [3.8, 4) is 0 Å². The van der Waals surface area contributed by atoms with Crippen molar-refractivity contribution in [2.75, 3.05) is 0 Å². The summed E-state index contributed by atoms with van der Waals surface area (Å²) < 4.78 is 29.3. The standard InChI is InChI=1S/C13H16F2N4/c1-7-4-5-9(12(15)11(7)14)13(17-16)10-6-8(2)18-19(10)3/h4-6,13,17H,16H2,1-3H3. The van der Waals surface area contributed by atoms with E-state index in [-0.39, 0.29) is 11.1 Å². The van der Waals surface area contributed by atoms with Crippen molar-refractivity contribution in [1.82, 2.24) is 15.2 Å². The zero-order valence-electron chi connectivity index (χ0n) is 11.0. The van der Waals surface area contributed by atoms with Gasteiger partial charge in [-0.1, -0.05) is 12.1 Å². The number of hydrogen-bond acceptors (Lipinski definition) is 3. The van der Waals surface area contributed by atoms with Crippen LogP contribution in [-0.4, -0.2) is 9.78 Å². The fourth-order valence-corrected chi connectivity index (χ4v) is 2.12. The third kappa shape index (κ3) is 2.36. The predicted molar refractivity (Wildman–Crippen MR) is 68.2 cm³/mol. The number of nitrogens with zero attached hydrogens (tertiary/aromatic N) is 2. The molecule has 2 rings (SSSR count). The van der Waals surface area contributed by atoms with Crippen LogP contribution >= 0.6 is 0 Å². The smallest absolute Gasteiger partial charge is 0.164 e. The Hall–Kier alpha value is -1.79. The topological polar surface area (TPSA) is 55.9 Å². The first-order chi connectivity index (χ1) is 8.95. The van der Waals surface area contributed by atoms with E-state index in [1.165, 1.54) is 19.1 Å². The predicted octanol–water partition coefficient (Wildman–Crippen LogP) is 1.87. The normalized spacial score (nSPS) is 12.7. The average molecular weight is 266 g/mol. The molecule has 0 amide bonds. The van der Waals surface area contributed by atoms with E-state index in [0.29, 0.717) is 5.69 Å². The first-order valence-electron chi connectivity index (χ1n) is 5.87. The Morgan fingerprint density at radius 1 is 1.26 bits per heavy atom. The van der Waals surface area contributed by atoms with Crippen molar-refractivity contribution in [1.29, 1.82) is 0 Å². The van der Waals surface area contributed by atoms with Gasteiger partial charge < -0.3 is 0 Å². The van der Waals surface area contributed by atoms with E-state index in [1.54, 1.807) is 17.8 Å². The summed E-state index contributed by atoms with van der Waals surface area (Å²) in [4.78, 5) is 0. The summed E-state index contributed by atoms with van der Waals surface area (Å²) in [5.41, 5.74) is 4.38. The van der Waals surface area contributed by atoms with Crippen LogP contribution in [0, 0.1) is 25.5 Å². The van der Waals surface area contributed by atoms with Crippen LogP contribution in [0.4, 0.5) is 8.78 Å². The Kier molecular flexibility index (Phi) is 3.64. The molecule has 0 bridgehead atoms. The van der Waals surface area contributed by atoms with Crippen LogP contribution in [0.15, 0.2) is 18.2 Å². The van der Waals surface area contributed by atoms with Crippen LogP contribution in [-0.2, 0) is 7.05 Å². The maximum atomic E-state index is 14.0. The molecule has 0 saturated carbocycles. The summed E-state index contributed by atoms with van der Waals surface area (Å²) in [5, 5.41) is 4.18. The third-order valence-electron chi connectivity index (χ3n) is 3.12. The van der Waals surface area contributed by atoms with Gasteiger partial charge in [0.2, 0.25) is 0 Å². The second-order valence-corrected chi connectivity index (χ2v) is 4.53. The molecule has 1 aromatic carbocycles. The van der Waals surface area contributed by atoms with Crippen molar-refractivity contribution in [3.05, 3.63) is 52.3 Å². The summed E-state index contributed by atoms with van der Waals surface area (Å²) in [6.45, 7) is 3.34. The lowest BCUT2D eigenvalue weighted by molar-refractivity contribution is 0.472. The molecular weight excluding hydrogens is 250 g/mol. The van der Waals surface area contributed by atoms with E-state index in [4.69, 9.17) is 5.84 Å². The van der Waals surface area contributed by atoms with Gasteiger partial charge in [-0.25, -0.2) is 14.2 Å². The third-order valence-corrected chi connectivity index (χ3v) is 3.12. The lowest BCUT2D eigenvalue weighted by atomic mass is 10.0. The molecule has 4 nitrogen and oxygen atoms in total. The van der Waals surface area contributed by atoms with Crippen LogP contribution in [0.2, 0.25) is 0 Å². The summed E-state index contributed by atoms with van der Waals surface area (Å²) in [5.74, 6) is 3.75. The van der Waals surface area contributed by atoms with Crippen LogP contribution in [0.1, 0.15) is 28.6 Å². The highest BCUT2D eigenvalue weighted by Crippen LogP contribution is 2.26. The molecule has 0 aliphatic carbocycles. The number of aryl methyl sites for hydroxylation is 3. The monoisotopic (exact) mass is 266 g/mol. The summed E-state index contributed by atoms with van der Waals surface area (Å²) in [6.07, 6.45) is 0. The molecule has 1 atom stereocenters. The highest BCUT2D eigenvalue weighted by Gasteiger charge is 2.22. The second kappa shape index (κ2) is 5.07. The van der Waals surface area contributed by atoms with Crippen LogP contribution in [0.3, 0.4) is 0 Å². The number of rotatable bonds is 3. The summed E-state index contributed by atoms with van der Waals surface area (Å²) in [7, 11) is 1.73. The van der Waals surface area contributed by atoms with E-state index in [1.807, 2.05) is 6.92 Å². The molecule has 1 heterocycles. The van der Waals surface area contributed by atoms with Crippen LogP contribution in [0.5, 0.6) is 0 Å². The zero-order chi connectivity index (χ0) is 14.2. The van der Waals surface area contributed by atoms with Crippen molar-refractivity contribution in [2.45, 2.75) is 19.9 Å². The Morgan fingerprint density at radius 3 is 2.47 bits per heavy atom. The van der Waals surface area contributed by atoms with Gasteiger partial charge in [-0.2, -0.15) is 5.10 Å². The van der Waals surface area contributed by atoms with E-state index in [0.717, 1.165) is 5.69 Å². The summed E-state index contributed by atoms with van der Waals surface area (Å²) >= 11 is 0. The van der Waals surface area contributed by atoms with Gasteiger partial charge in [0.1, 0.15) is 0 Å². The first kappa shape index (κ1) is 13.6. The Morgan fingerprint density at radius 2 is 1.95 bits per heavy atom. The maximum Gasteiger partial charge on any atom is 0.164 e. The maximum absolute atomic E-state index is 14.0. The molecule has 0 aliphatic heterocycles. The van der Waals surface area contributed by atoms with Gasteiger partial charge in [0, 0.05) is 12.6 Å². The van der Waals surface area contributed by atoms with E-state index >= 15 is 0 Å². The van der Waals surface area contributed by atoms with Gasteiger partial charge in [0.05, 0.1) is 17.4 Å². The Bertz CT molecular complexity index is 607. The van der Waals surface area contributed by atoms with E-state index in [9.17, 15) is 8.78 Å². The highest BCUT2D eigenvalue weighted by atomic mass is 19.2. The fourth-order valence-electron chi connectivity index (χ4n) is 2.12. The van der Waals surface area contributed by atoms with Gasteiger partial charge >= 0.3 is 0 Å². The molecule has 0 saturated heterocycles. The molecule has 0 fully saturated rings. The lowest BCUT2D eigenvalue weighted by Crippen LogP contribution is -2.31. The number of nitrogens with two attached hydrogens (primary N) is 1. The van der Waals surface area contributed by atoms with Gasteiger partial charge in [0.15, 0.2) is 11.6 Å². The van der Waals surface area contributed by atoms with Crippen molar-refractivity contribution >= 4 is 0 Å². The Balaban J connectivity index is 2.54. The highest BCUT2D eigenvalue weighted by molar-refractivity contribution is 5.33. The molecule has 1 unspecified atom stereocenters. The molecule has 2 aromatic rings. The quantitative estimate of drug-likeness (QED) is 0.658. The number of aromatic nitrogens is 2. The van der Waals surface area contributed by atoms with Gasteiger partial charge in [-0.3, -0.25) is 10.5 Å². The molecule has 1 aromatic heterocycles. The van der Waals surface area contributed by atoms with Crippen molar-refractivity contribution in [2.24, 2.45) is 12.9 Å². The van der Waals surface area contributed by atoms with Gasteiger partial charge in [-0.15, -0.1) is 0 Å². The minimum absolute atomic E-state index is 0.161. The number of benzene rings is 1. The van der Waals surface area contributed by atoms with Crippen LogP contribution < -0.4 is 11.3 Å². The van der Waals surface area contributed by atoms with Crippen molar-refractivity contribution in [3.63, 3.8) is 0 Å². The Labute approximate surface area is 110 Å². The molecule has 102 valence electrons. The number of hydrogen-bond donors (Lipinski definition) is 2. The number of hydrazine groups is 1. The van der Waals surface area contributed by atoms with E-state index in [2.05, 4.69) is 10.5 Å². The minimum atomic E-state index is -0.887. The summed E-state index contributed by atoms with van der Waals surface area (Å²) in [6, 6.07) is 4.19. The molecule has 0 aliphatic rings. The SMILES string of the molecule is Cc1cc(C(NN)c2ccc(C)c(F)c2F)n(C)n1.